The maximum absolute atomic E-state index is 5.90. The Bertz CT molecular complexity index is 659. The first-order valence-electron chi connectivity index (χ1n) is 8.27. The molecule has 0 unspecified atom stereocenters. The first-order valence-corrected chi connectivity index (χ1v) is 8.68. The van der Waals surface area contributed by atoms with Crippen LogP contribution in [0.1, 0.15) is 43.4 Å². The number of allylic oxidation sites excluding steroid dienone is 1. The Hall–Kier alpha value is -1.93. The van der Waals surface area contributed by atoms with E-state index < -0.39 is 0 Å². The van der Waals surface area contributed by atoms with Gasteiger partial charge in [-0.05, 0) is 41.7 Å². The molecule has 2 rings (SSSR count). The van der Waals surface area contributed by atoms with Crippen LogP contribution in [0.15, 0.2) is 54.6 Å². The minimum atomic E-state index is 0.756. The summed E-state index contributed by atoms with van der Waals surface area (Å²) in [6, 6.07) is 16.5. The normalized spacial score (nSPS) is 10.9. The quantitative estimate of drug-likeness (QED) is 0.342. The van der Waals surface area contributed by atoms with E-state index in [0.29, 0.717) is 0 Å². The van der Waals surface area contributed by atoms with Crippen LogP contribution >= 0.6 is 12.2 Å². The second-order valence-electron chi connectivity index (χ2n) is 5.53. The number of rotatable bonds is 8. The van der Waals surface area contributed by atoms with Crippen molar-refractivity contribution < 1.29 is 4.74 Å². The van der Waals surface area contributed by atoms with Crippen LogP contribution in [0.5, 0.6) is 5.75 Å². The Kier molecular flexibility index (Phi) is 7.02. The van der Waals surface area contributed by atoms with Crippen molar-refractivity contribution in [1.82, 2.24) is 0 Å². The van der Waals surface area contributed by atoms with E-state index in [1.54, 1.807) is 0 Å². The highest BCUT2D eigenvalue weighted by atomic mass is 32.1. The summed E-state index contributed by atoms with van der Waals surface area (Å²) < 4.78 is 5.90. The molecule has 2 heteroatoms. The van der Waals surface area contributed by atoms with Gasteiger partial charge in [0, 0.05) is 4.86 Å². The third-order valence-electron chi connectivity index (χ3n) is 3.56. The molecule has 0 aromatic heterocycles. The third-order valence-corrected chi connectivity index (χ3v) is 3.93. The largest absolute Gasteiger partial charge is 0.493 e. The monoisotopic (exact) mass is 324 g/mol. The highest BCUT2D eigenvalue weighted by Crippen LogP contribution is 2.23. The van der Waals surface area contributed by atoms with Gasteiger partial charge in [0.1, 0.15) is 5.75 Å². The van der Waals surface area contributed by atoms with Crippen molar-refractivity contribution in [1.29, 1.82) is 0 Å². The van der Waals surface area contributed by atoms with Gasteiger partial charge in [-0.15, -0.1) is 0 Å². The molecule has 0 atom stereocenters. The molecule has 0 amide bonds. The van der Waals surface area contributed by atoms with Crippen molar-refractivity contribution in [3.8, 4) is 5.75 Å². The summed E-state index contributed by atoms with van der Waals surface area (Å²) in [6.45, 7) is 5.07. The average Bonchev–Trinajstić information content (AvgIpc) is 2.60. The molecular formula is C21H24OS. The van der Waals surface area contributed by atoms with E-state index in [2.05, 4.69) is 38.1 Å². The van der Waals surface area contributed by atoms with Gasteiger partial charge in [0.25, 0.3) is 0 Å². The van der Waals surface area contributed by atoms with Crippen LogP contribution in [0.4, 0.5) is 0 Å². The third kappa shape index (κ3) is 5.33. The van der Waals surface area contributed by atoms with Gasteiger partial charge in [-0.2, -0.15) is 0 Å². The minimum absolute atomic E-state index is 0.756. The summed E-state index contributed by atoms with van der Waals surface area (Å²) in [6.07, 6.45) is 7.23. The first-order chi connectivity index (χ1) is 11.2. The van der Waals surface area contributed by atoms with E-state index in [0.717, 1.165) is 47.6 Å². The van der Waals surface area contributed by atoms with E-state index in [1.165, 1.54) is 5.56 Å². The van der Waals surface area contributed by atoms with Crippen LogP contribution in [0.3, 0.4) is 0 Å². The smallest absolute Gasteiger partial charge is 0.123 e. The number of benzene rings is 2. The van der Waals surface area contributed by atoms with E-state index >= 15 is 0 Å². The first kappa shape index (κ1) is 17.4. The second kappa shape index (κ2) is 9.26. The van der Waals surface area contributed by atoms with Gasteiger partial charge in [-0.3, -0.25) is 0 Å². The van der Waals surface area contributed by atoms with Gasteiger partial charge in [-0.25, -0.2) is 0 Å². The number of ether oxygens (including phenoxy) is 1. The van der Waals surface area contributed by atoms with Crippen LogP contribution in [-0.4, -0.2) is 11.5 Å². The summed E-state index contributed by atoms with van der Waals surface area (Å²) in [5, 5.41) is 0. The molecule has 0 heterocycles. The van der Waals surface area contributed by atoms with E-state index in [-0.39, 0.29) is 0 Å². The second-order valence-corrected chi connectivity index (χ2v) is 5.97. The predicted octanol–water partition coefficient (Wildman–Crippen LogP) is 5.86. The predicted molar refractivity (Wildman–Crippen MR) is 103 cm³/mol. The summed E-state index contributed by atoms with van der Waals surface area (Å²) in [5.74, 6) is 1.00. The molecule has 0 aliphatic rings. The summed E-state index contributed by atoms with van der Waals surface area (Å²) >= 11 is 5.47. The van der Waals surface area contributed by atoms with Crippen molar-refractivity contribution in [3.63, 3.8) is 0 Å². The van der Waals surface area contributed by atoms with Crippen molar-refractivity contribution >= 4 is 23.2 Å². The summed E-state index contributed by atoms with van der Waals surface area (Å²) in [5.41, 5.74) is 3.47. The summed E-state index contributed by atoms with van der Waals surface area (Å²) in [7, 11) is 0. The summed E-state index contributed by atoms with van der Waals surface area (Å²) in [4.78, 5) is 0.847. The zero-order valence-corrected chi connectivity index (χ0v) is 14.7. The van der Waals surface area contributed by atoms with E-state index in [4.69, 9.17) is 17.0 Å². The molecule has 120 valence electrons. The van der Waals surface area contributed by atoms with Gasteiger partial charge < -0.3 is 4.74 Å². The van der Waals surface area contributed by atoms with Gasteiger partial charge >= 0.3 is 0 Å². The maximum Gasteiger partial charge on any atom is 0.123 e. The van der Waals surface area contributed by atoms with Gasteiger partial charge in [-0.1, -0.05) is 81.0 Å². The molecule has 0 radical (unpaired) electrons. The minimum Gasteiger partial charge on any atom is -0.493 e. The number of hydrogen-bond acceptors (Lipinski definition) is 2. The van der Waals surface area contributed by atoms with Crippen LogP contribution in [0.25, 0.3) is 6.08 Å². The van der Waals surface area contributed by atoms with Crippen LogP contribution in [-0.2, 0) is 6.42 Å². The Morgan fingerprint density at radius 3 is 2.52 bits per heavy atom. The number of thiocarbonyl (C=S) groups is 1. The van der Waals surface area contributed by atoms with Crippen molar-refractivity contribution in [3.05, 3.63) is 71.3 Å². The fraction of sp³-hybridized carbons (Fsp3) is 0.286. The Labute approximate surface area is 145 Å². The molecule has 2 aromatic rings. The molecular weight excluding hydrogens is 300 g/mol. The molecule has 23 heavy (non-hydrogen) atoms. The van der Waals surface area contributed by atoms with Crippen LogP contribution < -0.4 is 4.74 Å². The van der Waals surface area contributed by atoms with Crippen LogP contribution in [0, 0.1) is 0 Å². The lowest BCUT2D eigenvalue weighted by molar-refractivity contribution is 0.314. The molecule has 1 nitrogen and oxygen atoms in total. The van der Waals surface area contributed by atoms with Crippen molar-refractivity contribution in [2.75, 3.05) is 6.61 Å². The molecule has 0 bridgehead atoms. The lowest BCUT2D eigenvalue weighted by atomic mass is 10.0. The fourth-order valence-electron chi connectivity index (χ4n) is 2.37. The van der Waals surface area contributed by atoms with Gasteiger partial charge in [0.15, 0.2) is 0 Å². The average molecular weight is 324 g/mol. The molecule has 0 saturated heterocycles. The molecule has 2 aromatic carbocycles. The maximum atomic E-state index is 5.90. The number of hydrogen-bond donors (Lipinski definition) is 0. The standard InChI is InChI=1S/C21H24OS/c1-3-8-18-13-11-17(16-20(18)22-15-4-2)12-14-21(23)19-9-6-5-7-10-19/h5-7,9-14,16H,3-4,8,15H2,1-2H3. The van der Waals surface area contributed by atoms with Crippen molar-refractivity contribution in [2.45, 2.75) is 33.1 Å². The zero-order chi connectivity index (χ0) is 16.5. The lowest BCUT2D eigenvalue weighted by Crippen LogP contribution is -1.99. The van der Waals surface area contributed by atoms with E-state index in [1.807, 2.05) is 36.4 Å². The van der Waals surface area contributed by atoms with Gasteiger partial charge in [0.2, 0.25) is 0 Å². The SMILES string of the molecule is CCCOc1cc(C=CC(=S)c2ccccc2)ccc1CCC. The Morgan fingerprint density at radius 1 is 1.04 bits per heavy atom. The molecule has 0 aliphatic carbocycles. The number of aryl methyl sites for hydroxylation is 1. The van der Waals surface area contributed by atoms with Crippen LogP contribution in [0.2, 0.25) is 0 Å². The fourth-order valence-corrected chi connectivity index (χ4v) is 2.57. The molecule has 0 saturated carbocycles. The lowest BCUT2D eigenvalue weighted by Gasteiger charge is -2.11. The van der Waals surface area contributed by atoms with Crippen molar-refractivity contribution in [2.24, 2.45) is 0 Å². The highest BCUT2D eigenvalue weighted by molar-refractivity contribution is 7.81. The highest BCUT2D eigenvalue weighted by Gasteiger charge is 2.04. The molecule has 0 fully saturated rings. The molecule has 0 spiro atoms. The molecule has 0 N–H and O–H groups in total. The zero-order valence-electron chi connectivity index (χ0n) is 13.9. The topological polar surface area (TPSA) is 9.23 Å². The van der Waals surface area contributed by atoms with E-state index in [9.17, 15) is 0 Å². The Balaban J connectivity index is 2.15. The Morgan fingerprint density at radius 2 is 1.83 bits per heavy atom. The molecule has 0 aliphatic heterocycles. The van der Waals surface area contributed by atoms with Gasteiger partial charge in [0.05, 0.1) is 6.61 Å².